The number of imidazole rings is 1. The lowest BCUT2D eigenvalue weighted by atomic mass is 10.1. The molecule has 0 aliphatic heterocycles. The van der Waals surface area contributed by atoms with E-state index in [-0.39, 0.29) is 30.0 Å². The van der Waals surface area contributed by atoms with E-state index in [1.54, 1.807) is 0 Å². The zero-order chi connectivity index (χ0) is 20.1. The van der Waals surface area contributed by atoms with Gasteiger partial charge in [-0.25, -0.2) is 4.98 Å². The second-order valence-electron chi connectivity index (χ2n) is 7.33. The van der Waals surface area contributed by atoms with Crippen LogP contribution in [0.1, 0.15) is 36.1 Å². The summed E-state index contributed by atoms with van der Waals surface area (Å²) in [5, 5.41) is 11.4. The molecule has 7 nitrogen and oxygen atoms in total. The molecule has 8 heteroatoms. The van der Waals surface area contributed by atoms with Crippen LogP contribution in [-0.4, -0.2) is 45.3 Å². The van der Waals surface area contributed by atoms with Crippen molar-refractivity contribution in [1.82, 2.24) is 30.4 Å². The van der Waals surface area contributed by atoms with Crippen LogP contribution in [0.3, 0.4) is 0 Å². The molecular weight excluding hydrogens is 477 g/mol. The molecule has 3 N–H and O–H groups in total. The quantitative estimate of drug-likeness (QED) is 0.198. The van der Waals surface area contributed by atoms with Gasteiger partial charge in [0, 0.05) is 38.8 Å². The highest BCUT2D eigenvalue weighted by Crippen LogP contribution is 2.14. The van der Waals surface area contributed by atoms with E-state index in [0.717, 1.165) is 54.3 Å². The number of fused-ring (bicyclic) bond motifs is 1. The summed E-state index contributed by atoms with van der Waals surface area (Å²) in [5.74, 6) is 1.86. The lowest BCUT2D eigenvalue weighted by molar-refractivity contribution is 0.630. The van der Waals surface area contributed by atoms with E-state index < -0.39 is 0 Å². The van der Waals surface area contributed by atoms with Crippen LogP contribution in [0.15, 0.2) is 29.3 Å². The molecule has 0 aliphatic carbocycles. The zero-order valence-corrected chi connectivity index (χ0v) is 20.2. The Labute approximate surface area is 189 Å². The number of nitrogens with one attached hydrogen (secondary N) is 3. The molecule has 0 fully saturated rings. The molecule has 3 aromatic rings. The summed E-state index contributed by atoms with van der Waals surface area (Å²) in [7, 11) is 3.80. The van der Waals surface area contributed by atoms with E-state index >= 15 is 0 Å². The largest absolute Gasteiger partial charge is 0.356 e. The van der Waals surface area contributed by atoms with Gasteiger partial charge in [0.05, 0.1) is 16.7 Å². The third-order valence-corrected chi connectivity index (χ3v) is 5.10. The Morgan fingerprint density at radius 2 is 2.03 bits per heavy atom. The highest BCUT2D eigenvalue weighted by Gasteiger charge is 2.14. The van der Waals surface area contributed by atoms with Gasteiger partial charge in [-0.2, -0.15) is 5.10 Å². The number of aromatic amines is 1. The van der Waals surface area contributed by atoms with Crippen LogP contribution in [-0.2, 0) is 19.9 Å². The molecule has 0 aliphatic rings. The van der Waals surface area contributed by atoms with Crippen molar-refractivity contribution in [2.24, 2.45) is 12.0 Å². The topological polar surface area (TPSA) is 82.9 Å². The number of rotatable bonds is 7. The van der Waals surface area contributed by atoms with E-state index in [1.165, 1.54) is 11.3 Å². The minimum Gasteiger partial charge on any atom is -0.356 e. The highest BCUT2D eigenvalue weighted by atomic mass is 127. The summed E-state index contributed by atoms with van der Waals surface area (Å²) in [6, 6.07) is 8.40. The monoisotopic (exact) mass is 509 g/mol. The highest BCUT2D eigenvalue weighted by molar-refractivity contribution is 14.0. The molecule has 2 aromatic heterocycles. The minimum absolute atomic E-state index is 0. The molecule has 1 aromatic carbocycles. The fourth-order valence-corrected chi connectivity index (χ4v) is 3.48. The van der Waals surface area contributed by atoms with Gasteiger partial charge in [-0.3, -0.25) is 9.67 Å². The fraction of sp³-hybridized carbons (Fsp3) is 0.476. The van der Waals surface area contributed by atoms with Crippen molar-refractivity contribution in [3.8, 4) is 0 Å². The summed E-state index contributed by atoms with van der Waals surface area (Å²) in [5.41, 5.74) is 5.75. The number of aryl methyl sites for hydroxylation is 3. The number of benzene rings is 1. The number of nitrogens with zero attached hydrogens (tertiary/aromatic N) is 4. The molecule has 0 spiro atoms. The van der Waals surface area contributed by atoms with Crippen LogP contribution in [0, 0.1) is 13.8 Å². The molecule has 29 heavy (non-hydrogen) atoms. The number of aliphatic imine (C=N–C) groups is 1. The number of H-pyrrole nitrogens is 1. The van der Waals surface area contributed by atoms with Crippen LogP contribution < -0.4 is 10.6 Å². The SMILES string of the molecule is CN=C(NCCCc1nc2ccccc2[nH]1)NC(C)Cc1c(C)nn(C)c1C.I. The maximum absolute atomic E-state index is 4.63. The van der Waals surface area contributed by atoms with Crippen molar-refractivity contribution in [2.75, 3.05) is 13.6 Å². The molecule has 1 unspecified atom stereocenters. The summed E-state index contributed by atoms with van der Waals surface area (Å²) in [6.45, 7) is 7.20. The van der Waals surface area contributed by atoms with Gasteiger partial charge >= 0.3 is 0 Å². The Hall–Kier alpha value is -2.10. The Kier molecular flexibility index (Phi) is 8.48. The van der Waals surface area contributed by atoms with Gasteiger partial charge in [-0.05, 0) is 51.3 Å². The molecule has 158 valence electrons. The lowest BCUT2D eigenvalue weighted by Gasteiger charge is -2.18. The Balaban J connectivity index is 0.00000300. The van der Waals surface area contributed by atoms with E-state index in [2.05, 4.69) is 57.5 Å². The molecular formula is C21H32IN7. The van der Waals surface area contributed by atoms with Gasteiger partial charge < -0.3 is 15.6 Å². The second-order valence-corrected chi connectivity index (χ2v) is 7.33. The first-order valence-electron chi connectivity index (χ1n) is 9.87. The summed E-state index contributed by atoms with van der Waals surface area (Å²) < 4.78 is 1.95. The summed E-state index contributed by atoms with van der Waals surface area (Å²) >= 11 is 0. The van der Waals surface area contributed by atoms with Gasteiger partial charge in [0.2, 0.25) is 0 Å². The average Bonchev–Trinajstić information content (AvgIpc) is 3.19. The number of hydrogen-bond donors (Lipinski definition) is 3. The molecule has 2 heterocycles. The standard InChI is InChI=1S/C21H31N7.HI/c1-14(13-17-15(2)27-28(5)16(17)3)24-21(22-4)23-12-8-11-20-25-18-9-6-7-10-19(18)26-20;/h6-7,9-10,14H,8,11-13H2,1-5H3,(H,25,26)(H2,22,23,24);1H. The molecule has 3 rings (SSSR count). The van der Waals surface area contributed by atoms with Crippen molar-refractivity contribution in [1.29, 1.82) is 0 Å². The Bertz CT molecular complexity index is 924. The Morgan fingerprint density at radius 3 is 2.69 bits per heavy atom. The van der Waals surface area contributed by atoms with Gasteiger partial charge in [0.1, 0.15) is 5.82 Å². The molecule has 0 amide bonds. The van der Waals surface area contributed by atoms with Crippen molar-refractivity contribution in [3.05, 3.63) is 47.0 Å². The third kappa shape index (κ3) is 5.94. The van der Waals surface area contributed by atoms with Gasteiger partial charge in [0.15, 0.2) is 5.96 Å². The van der Waals surface area contributed by atoms with E-state index in [0.29, 0.717) is 0 Å². The maximum atomic E-state index is 4.63. The predicted octanol–water partition coefficient (Wildman–Crippen LogP) is 3.26. The van der Waals surface area contributed by atoms with E-state index in [4.69, 9.17) is 0 Å². The van der Waals surface area contributed by atoms with Crippen LogP contribution >= 0.6 is 24.0 Å². The smallest absolute Gasteiger partial charge is 0.191 e. The van der Waals surface area contributed by atoms with E-state index in [1.807, 2.05) is 37.0 Å². The molecule has 0 bridgehead atoms. The van der Waals surface area contributed by atoms with Gasteiger partial charge in [-0.1, -0.05) is 12.1 Å². The van der Waals surface area contributed by atoms with Crippen LogP contribution in [0.2, 0.25) is 0 Å². The number of halogens is 1. The first-order valence-corrected chi connectivity index (χ1v) is 9.87. The van der Waals surface area contributed by atoms with Gasteiger partial charge in [0.25, 0.3) is 0 Å². The predicted molar refractivity (Wildman–Crippen MR) is 130 cm³/mol. The number of hydrogen-bond acceptors (Lipinski definition) is 3. The van der Waals surface area contributed by atoms with Crippen molar-refractivity contribution in [2.45, 2.75) is 46.1 Å². The maximum Gasteiger partial charge on any atom is 0.191 e. The zero-order valence-electron chi connectivity index (χ0n) is 17.9. The van der Waals surface area contributed by atoms with Crippen LogP contribution in [0.5, 0.6) is 0 Å². The number of guanidine groups is 1. The first kappa shape index (κ1) is 23.2. The van der Waals surface area contributed by atoms with Crippen molar-refractivity contribution < 1.29 is 0 Å². The summed E-state index contributed by atoms with van der Waals surface area (Å²) in [6.07, 6.45) is 2.81. The van der Waals surface area contributed by atoms with Crippen molar-refractivity contribution >= 4 is 41.0 Å². The lowest BCUT2D eigenvalue weighted by Crippen LogP contribution is -2.43. The first-order chi connectivity index (χ1) is 13.5. The minimum atomic E-state index is 0. The number of aromatic nitrogens is 4. The third-order valence-electron chi connectivity index (χ3n) is 5.10. The fourth-order valence-electron chi connectivity index (χ4n) is 3.48. The van der Waals surface area contributed by atoms with Crippen LogP contribution in [0.25, 0.3) is 11.0 Å². The van der Waals surface area contributed by atoms with Crippen LogP contribution in [0.4, 0.5) is 0 Å². The van der Waals surface area contributed by atoms with Crippen molar-refractivity contribution in [3.63, 3.8) is 0 Å². The normalized spacial score (nSPS) is 12.7. The molecule has 1 atom stereocenters. The average molecular weight is 509 g/mol. The Morgan fingerprint density at radius 1 is 1.28 bits per heavy atom. The molecule has 0 saturated carbocycles. The van der Waals surface area contributed by atoms with Gasteiger partial charge in [-0.15, -0.1) is 24.0 Å². The van der Waals surface area contributed by atoms with E-state index in [9.17, 15) is 0 Å². The second kappa shape index (κ2) is 10.6. The number of para-hydroxylation sites is 2. The molecule has 0 radical (unpaired) electrons. The molecule has 0 saturated heterocycles. The summed E-state index contributed by atoms with van der Waals surface area (Å²) in [4.78, 5) is 12.4.